The molecule has 0 saturated heterocycles. The number of amides is 1. The zero-order valence-electron chi connectivity index (χ0n) is 9.31. The highest BCUT2D eigenvalue weighted by atomic mass is 35.5. The van der Waals surface area contributed by atoms with Crippen molar-refractivity contribution in [3.05, 3.63) is 45.0 Å². The predicted molar refractivity (Wildman–Crippen MR) is 65.4 cm³/mol. The fraction of sp³-hybridized carbons (Fsp3) is 0.300. The van der Waals surface area contributed by atoms with Crippen LogP contribution >= 0.6 is 11.6 Å². The van der Waals surface area contributed by atoms with Gasteiger partial charge < -0.3 is 11.1 Å². The molecule has 0 radical (unpaired) electrons. The van der Waals surface area contributed by atoms with E-state index in [0.29, 0.717) is 0 Å². The van der Waals surface area contributed by atoms with Crippen LogP contribution in [0.4, 0.5) is 4.39 Å². The van der Waals surface area contributed by atoms with Crippen molar-refractivity contribution in [3.8, 4) is 0 Å². The number of hydrogen-bond acceptors (Lipinski definition) is 3. The van der Waals surface area contributed by atoms with Gasteiger partial charge in [-0.25, -0.2) is 4.39 Å². The summed E-state index contributed by atoms with van der Waals surface area (Å²) >= 11 is 5.84. The molecule has 1 aromatic rings. The Labute approximate surface area is 108 Å². The largest absolute Gasteiger partial charge is 0.368 e. The summed E-state index contributed by atoms with van der Waals surface area (Å²) in [6.45, 7) is 0.300. The molecule has 18 heavy (non-hydrogen) atoms. The van der Waals surface area contributed by atoms with E-state index in [2.05, 4.69) is 15.3 Å². The molecule has 0 aliphatic rings. The van der Waals surface area contributed by atoms with Crippen LogP contribution in [0.5, 0.6) is 0 Å². The molecule has 1 amide bonds. The van der Waals surface area contributed by atoms with Gasteiger partial charge in [-0.05, 0) is 17.7 Å². The Balaban J connectivity index is 2.91. The van der Waals surface area contributed by atoms with Gasteiger partial charge in [0.15, 0.2) is 0 Å². The number of carbonyl (C=O) groups is 1. The maximum Gasteiger partial charge on any atom is 0.239 e. The van der Waals surface area contributed by atoms with Gasteiger partial charge in [0.05, 0.1) is 0 Å². The van der Waals surface area contributed by atoms with Crippen LogP contribution in [0.25, 0.3) is 10.4 Å². The Morgan fingerprint density at radius 1 is 1.67 bits per heavy atom. The topological polar surface area (TPSA) is 104 Å². The smallest absolute Gasteiger partial charge is 0.239 e. The molecular formula is C10H11ClFN5O. The average Bonchev–Trinajstić information content (AvgIpc) is 2.31. The van der Waals surface area contributed by atoms with E-state index in [1.807, 2.05) is 0 Å². The van der Waals surface area contributed by atoms with Gasteiger partial charge in [0.1, 0.15) is 11.9 Å². The zero-order chi connectivity index (χ0) is 13.5. The summed E-state index contributed by atoms with van der Waals surface area (Å²) in [4.78, 5) is 13.9. The van der Waals surface area contributed by atoms with E-state index < -0.39 is 17.8 Å². The van der Waals surface area contributed by atoms with Crippen molar-refractivity contribution in [3.63, 3.8) is 0 Å². The summed E-state index contributed by atoms with van der Waals surface area (Å²) in [6, 6.07) is 3.02. The molecule has 0 fully saturated rings. The fourth-order valence-corrected chi connectivity index (χ4v) is 1.71. The second-order valence-corrected chi connectivity index (χ2v) is 3.79. The lowest BCUT2D eigenvalue weighted by molar-refractivity contribution is -0.120. The Bertz CT molecular complexity index is 469. The highest BCUT2D eigenvalue weighted by molar-refractivity contribution is 6.31. The van der Waals surface area contributed by atoms with Crippen LogP contribution in [-0.4, -0.2) is 19.0 Å². The number of nitrogens with two attached hydrogens (primary N) is 1. The third-order valence-electron chi connectivity index (χ3n) is 2.20. The predicted octanol–water partition coefficient (Wildman–Crippen LogP) is 1.91. The molecular weight excluding hydrogens is 261 g/mol. The number of halogens is 2. The lowest BCUT2D eigenvalue weighted by Gasteiger charge is -2.17. The van der Waals surface area contributed by atoms with Crippen LogP contribution in [0.2, 0.25) is 5.02 Å². The monoisotopic (exact) mass is 271 g/mol. The molecule has 0 aliphatic carbocycles. The van der Waals surface area contributed by atoms with Gasteiger partial charge in [0.25, 0.3) is 0 Å². The molecule has 6 nitrogen and oxygen atoms in total. The minimum Gasteiger partial charge on any atom is -0.368 e. The summed E-state index contributed by atoms with van der Waals surface area (Å²) in [5, 5.41) is 6.08. The van der Waals surface area contributed by atoms with Crippen molar-refractivity contribution < 1.29 is 9.18 Å². The Kier molecular flexibility index (Phi) is 5.38. The van der Waals surface area contributed by atoms with Crippen molar-refractivity contribution in [1.29, 1.82) is 0 Å². The first kappa shape index (κ1) is 14.2. The van der Waals surface area contributed by atoms with E-state index in [0.717, 1.165) is 0 Å². The second kappa shape index (κ2) is 6.80. The number of nitrogens with zero attached hydrogens (tertiary/aromatic N) is 3. The molecule has 3 N–H and O–H groups in total. The van der Waals surface area contributed by atoms with Gasteiger partial charge in [-0.15, -0.1) is 0 Å². The molecule has 0 spiro atoms. The van der Waals surface area contributed by atoms with Gasteiger partial charge in [0, 0.05) is 28.6 Å². The van der Waals surface area contributed by atoms with Crippen molar-refractivity contribution in [2.75, 3.05) is 13.1 Å². The molecule has 1 atom stereocenters. The highest BCUT2D eigenvalue weighted by Crippen LogP contribution is 2.25. The molecule has 96 valence electrons. The molecule has 0 bridgehead atoms. The van der Waals surface area contributed by atoms with Gasteiger partial charge in [-0.3, -0.25) is 4.79 Å². The third kappa shape index (κ3) is 3.59. The summed E-state index contributed by atoms with van der Waals surface area (Å²) < 4.78 is 13.6. The van der Waals surface area contributed by atoms with Crippen LogP contribution in [0.15, 0.2) is 23.3 Å². The minimum absolute atomic E-state index is 0.00685. The normalized spacial score (nSPS) is 11.7. The van der Waals surface area contributed by atoms with Crippen molar-refractivity contribution in [2.45, 2.75) is 6.04 Å². The zero-order valence-corrected chi connectivity index (χ0v) is 10.1. The SMILES string of the molecule is [N-]=[N+]=NCCNC(C(N)=O)c1c(F)cccc1Cl. The molecule has 1 rings (SSSR count). The quantitative estimate of drug-likeness (QED) is 0.357. The maximum absolute atomic E-state index is 13.6. The van der Waals surface area contributed by atoms with E-state index in [1.54, 1.807) is 0 Å². The van der Waals surface area contributed by atoms with Gasteiger partial charge in [0.2, 0.25) is 5.91 Å². The molecule has 1 unspecified atom stereocenters. The summed E-state index contributed by atoms with van der Waals surface area (Å²) in [5.41, 5.74) is 13.3. The lowest BCUT2D eigenvalue weighted by Crippen LogP contribution is -2.35. The molecule has 0 heterocycles. The Hall–Kier alpha value is -1.82. The Morgan fingerprint density at radius 3 is 2.94 bits per heavy atom. The first-order chi connectivity index (χ1) is 8.57. The van der Waals surface area contributed by atoms with Crippen molar-refractivity contribution >= 4 is 17.5 Å². The molecule has 1 aromatic carbocycles. The molecule has 0 aromatic heterocycles. The van der Waals surface area contributed by atoms with Crippen LogP contribution in [0, 0.1) is 5.82 Å². The fourth-order valence-electron chi connectivity index (χ4n) is 1.44. The number of hydrogen-bond donors (Lipinski definition) is 2. The number of rotatable bonds is 6. The van der Waals surface area contributed by atoms with Crippen LogP contribution < -0.4 is 11.1 Å². The lowest BCUT2D eigenvalue weighted by atomic mass is 10.1. The summed E-state index contributed by atoms with van der Waals surface area (Å²) in [5.74, 6) is -1.38. The number of nitrogens with one attached hydrogen (secondary N) is 1. The van der Waals surface area contributed by atoms with Crippen LogP contribution in [0.1, 0.15) is 11.6 Å². The van der Waals surface area contributed by atoms with Crippen molar-refractivity contribution in [2.24, 2.45) is 10.8 Å². The average molecular weight is 272 g/mol. The van der Waals surface area contributed by atoms with E-state index in [9.17, 15) is 9.18 Å². The third-order valence-corrected chi connectivity index (χ3v) is 2.53. The molecule has 8 heteroatoms. The number of benzene rings is 1. The number of carbonyl (C=O) groups excluding carboxylic acids is 1. The minimum atomic E-state index is -1.06. The van der Waals surface area contributed by atoms with Crippen LogP contribution in [-0.2, 0) is 4.79 Å². The van der Waals surface area contributed by atoms with E-state index in [-0.39, 0.29) is 23.7 Å². The Morgan fingerprint density at radius 2 is 2.39 bits per heavy atom. The van der Waals surface area contributed by atoms with E-state index in [4.69, 9.17) is 22.9 Å². The summed E-state index contributed by atoms with van der Waals surface area (Å²) in [6.07, 6.45) is 0. The van der Waals surface area contributed by atoms with E-state index in [1.165, 1.54) is 18.2 Å². The standard InChI is InChI=1S/C10H11ClFN5O/c11-6-2-1-3-7(12)8(6)9(10(13)18)15-4-5-16-17-14/h1-3,9,15H,4-5H2,(H2,13,18). The second-order valence-electron chi connectivity index (χ2n) is 3.38. The molecule has 0 saturated carbocycles. The van der Waals surface area contributed by atoms with Gasteiger partial charge in [-0.2, -0.15) is 0 Å². The summed E-state index contributed by atoms with van der Waals surface area (Å²) in [7, 11) is 0. The van der Waals surface area contributed by atoms with E-state index >= 15 is 0 Å². The van der Waals surface area contributed by atoms with Gasteiger partial charge >= 0.3 is 0 Å². The highest BCUT2D eigenvalue weighted by Gasteiger charge is 2.23. The van der Waals surface area contributed by atoms with Crippen LogP contribution in [0.3, 0.4) is 0 Å². The number of azide groups is 1. The number of primary amides is 1. The first-order valence-electron chi connectivity index (χ1n) is 5.05. The van der Waals surface area contributed by atoms with Crippen molar-refractivity contribution in [1.82, 2.24) is 5.32 Å². The first-order valence-corrected chi connectivity index (χ1v) is 5.43. The molecule has 0 aliphatic heterocycles. The van der Waals surface area contributed by atoms with Gasteiger partial charge in [-0.1, -0.05) is 22.8 Å². The maximum atomic E-state index is 13.6.